The standard InChI is InChI=1S/C15H17ClN4O2S/c1-3-20-9-17-12(14(21)22-4-2)13(20)19-15(23)18-11-7-5-10(16)6-8-11/h5-9H,3-4H2,1-2H3,(H2,18,19,23). The number of thiocarbonyl (C=S) groups is 1. The van der Waals surface area contributed by atoms with Gasteiger partial charge in [-0.3, -0.25) is 0 Å². The van der Waals surface area contributed by atoms with Gasteiger partial charge in [0.1, 0.15) is 5.82 Å². The summed E-state index contributed by atoms with van der Waals surface area (Å²) in [5, 5.41) is 7.01. The summed E-state index contributed by atoms with van der Waals surface area (Å²) in [6, 6.07) is 7.12. The van der Waals surface area contributed by atoms with Gasteiger partial charge in [0.25, 0.3) is 0 Å². The van der Waals surface area contributed by atoms with Crippen molar-refractivity contribution in [1.82, 2.24) is 9.55 Å². The third kappa shape index (κ3) is 4.43. The Kier molecular flexibility index (Phi) is 5.95. The van der Waals surface area contributed by atoms with Crippen LogP contribution in [0.5, 0.6) is 0 Å². The Morgan fingerprint density at radius 1 is 1.30 bits per heavy atom. The fourth-order valence-corrected chi connectivity index (χ4v) is 2.25. The second-order valence-electron chi connectivity index (χ2n) is 4.53. The monoisotopic (exact) mass is 352 g/mol. The van der Waals surface area contributed by atoms with E-state index in [0.29, 0.717) is 22.5 Å². The number of rotatable bonds is 5. The number of imidazole rings is 1. The van der Waals surface area contributed by atoms with Crippen LogP contribution in [0, 0.1) is 0 Å². The molecule has 0 saturated carbocycles. The van der Waals surface area contributed by atoms with Gasteiger partial charge in [0, 0.05) is 17.3 Å². The van der Waals surface area contributed by atoms with Gasteiger partial charge in [-0.1, -0.05) is 11.6 Å². The van der Waals surface area contributed by atoms with Crippen molar-refractivity contribution in [2.45, 2.75) is 20.4 Å². The van der Waals surface area contributed by atoms with Crippen molar-refractivity contribution >= 4 is 46.4 Å². The third-order valence-electron chi connectivity index (χ3n) is 2.98. The lowest BCUT2D eigenvalue weighted by Crippen LogP contribution is -2.22. The quantitative estimate of drug-likeness (QED) is 0.633. The van der Waals surface area contributed by atoms with E-state index < -0.39 is 5.97 Å². The SMILES string of the molecule is CCOC(=O)c1ncn(CC)c1NC(=S)Nc1ccc(Cl)cc1. The summed E-state index contributed by atoms with van der Waals surface area (Å²) in [7, 11) is 0. The summed E-state index contributed by atoms with van der Waals surface area (Å²) in [6.07, 6.45) is 1.57. The van der Waals surface area contributed by atoms with Crippen molar-refractivity contribution in [3.8, 4) is 0 Å². The van der Waals surface area contributed by atoms with E-state index in [2.05, 4.69) is 15.6 Å². The fourth-order valence-electron chi connectivity index (χ4n) is 1.91. The number of ether oxygens (including phenoxy) is 1. The summed E-state index contributed by atoms with van der Waals surface area (Å²) >= 11 is 11.1. The lowest BCUT2D eigenvalue weighted by Gasteiger charge is -2.13. The highest BCUT2D eigenvalue weighted by Gasteiger charge is 2.19. The Balaban J connectivity index is 2.14. The Labute approximate surface area is 144 Å². The molecule has 0 radical (unpaired) electrons. The molecule has 0 aliphatic rings. The van der Waals surface area contributed by atoms with Crippen molar-refractivity contribution in [3.05, 3.63) is 41.3 Å². The highest BCUT2D eigenvalue weighted by Crippen LogP contribution is 2.18. The third-order valence-corrected chi connectivity index (χ3v) is 3.44. The largest absolute Gasteiger partial charge is 0.461 e. The van der Waals surface area contributed by atoms with Gasteiger partial charge in [-0.2, -0.15) is 0 Å². The maximum Gasteiger partial charge on any atom is 0.360 e. The van der Waals surface area contributed by atoms with Crippen LogP contribution in [0.2, 0.25) is 5.02 Å². The molecule has 23 heavy (non-hydrogen) atoms. The molecule has 2 N–H and O–H groups in total. The van der Waals surface area contributed by atoms with Crippen LogP contribution >= 0.6 is 23.8 Å². The number of aryl methyl sites for hydroxylation is 1. The summed E-state index contributed by atoms with van der Waals surface area (Å²) in [6.45, 7) is 4.61. The molecule has 0 saturated heterocycles. The van der Waals surface area contributed by atoms with Crippen molar-refractivity contribution in [2.24, 2.45) is 0 Å². The van der Waals surface area contributed by atoms with Gasteiger partial charge >= 0.3 is 5.97 Å². The molecule has 0 amide bonds. The first-order chi connectivity index (χ1) is 11.0. The van der Waals surface area contributed by atoms with Crippen LogP contribution in [0.25, 0.3) is 0 Å². The molecule has 0 bridgehead atoms. The topological polar surface area (TPSA) is 68.2 Å². The van der Waals surface area contributed by atoms with Crippen molar-refractivity contribution in [3.63, 3.8) is 0 Å². The van der Waals surface area contributed by atoms with Gasteiger partial charge in [0.15, 0.2) is 10.8 Å². The number of carbonyl (C=O) groups excluding carboxylic acids is 1. The molecule has 0 atom stereocenters. The van der Waals surface area contributed by atoms with Crippen LogP contribution in [-0.2, 0) is 11.3 Å². The normalized spacial score (nSPS) is 10.2. The summed E-state index contributed by atoms with van der Waals surface area (Å²) in [5.74, 6) is 0.00825. The maximum absolute atomic E-state index is 12.0. The molecule has 0 unspecified atom stereocenters. The Bertz CT molecular complexity index is 700. The van der Waals surface area contributed by atoms with E-state index in [1.165, 1.54) is 0 Å². The number of esters is 1. The van der Waals surface area contributed by atoms with E-state index in [1.54, 1.807) is 42.1 Å². The zero-order valence-electron chi connectivity index (χ0n) is 12.8. The van der Waals surface area contributed by atoms with Gasteiger partial charge in [-0.15, -0.1) is 0 Å². The highest BCUT2D eigenvalue weighted by molar-refractivity contribution is 7.80. The van der Waals surface area contributed by atoms with Crippen LogP contribution in [0.1, 0.15) is 24.3 Å². The average molecular weight is 353 g/mol. The van der Waals surface area contributed by atoms with Gasteiger partial charge < -0.3 is 19.9 Å². The van der Waals surface area contributed by atoms with E-state index >= 15 is 0 Å². The number of halogens is 1. The number of nitrogens with one attached hydrogen (secondary N) is 2. The zero-order valence-corrected chi connectivity index (χ0v) is 14.4. The predicted octanol–water partition coefficient (Wildman–Crippen LogP) is 3.54. The Morgan fingerprint density at radius 2 is 2.00 bits per heavy atom. The number of nitrogens with zero attached hydrogens (tertiary/aromatic N) is 2. The first-order valence-corrected chi connectivity index (χ1v) is 7.89. The predicted molar refractivity (Wildman–Crippen MR) is 95.2 cm³/mol. The first kappa shape index (κ1) is 17.2. The molecule has 0 fully saturated rings. The second kappa shape index (κ2) is 7.94. The Hall–Kier alpha value is -2.12. The summed E-state index contributed by atoms with van der Waals surface area (Å²) in [5.41, 5.74) is 0.987. The molecular weight excluding hydrogens is 336 g/mol. The van der Waals surface area contributed by atoms with Crippen LogP contribution < -0.4 is 10.6 Å². The van der Waals surface area contributed by atoms with Crippen LogP contribution in [0.15, 0.2) is 30.6 Å². The van der Waals surface area contributed by atoms with Crippen LogP contribution in [0.4, 0.5) is 11.5 Å². The molecule has 1 aromatic heterocycles. The molecule has 2 aromatic rings. The minimum absolute atomic E-state index is 0.203. The van der Waals surface area contributed by atoms with E-state index in [9.17, 15) is 4.79 Å². The van der Waals surface area contributed by atoms with Crippen molar-refractivity contribution in [1.29, 1.82) is 0 Å². The molecule has 0 spiro atoms. The minimum atomic E-state index is -0.489. The summed E-state index contributed by atoms with van der Waals surface area (Å²) in [4.78, 5) is 16.1. The molecular formula is C15H17ClN4O2S. The fraction of sp³-hybridized carbons (Fsp3) is 0.267. The smallest absolute Gasteiger partial charge is 0.360 e. The highest BCUT2D eigenvalue weighted by atomic mass is 35.5. The molecule has 122 valence electrons. The van der Waals surface area contributed by atoms with Gasteiger partial charge in [-0.05, 0) is 50.3 Å². The zero-order chi connectivity index (χ0) is 16.8. The number of anilines is 2. The Morgan fingerprint density at radius 3 is 2.61 bits per heavy atom. The number of hydrogen-bond donors (Lipinski definition) is 2. The van der Waals surface area contributed by atoms with E-state index in [-0.39, 0.29) is 12.3 Å². The second-order valence-corrected chi connectivity index (χ2v) is 5.38. The van der Waals surface area contributed by atoms with E-state index in [0.717, 1.165) is 5.69 Å². The van der Waals surface area contributed by atoms with Gasteiger partial charge in [0.05, 0.1) is 12.9 Å². The van der Waals surface area contributed by atoms with Crippen LogP contribution in [-0.4, -0.2) is 27.2 Å². The molecule has 0 aliphatic heterocycles. The van der Waals surface area contributed by atoms with Gasteiger partial charge in [0.2, 0.25) is 0 Å². The molecule has 8 heteroatoms. The lowest BCUT2D eigenvalue weighted by atomic mass is 10.3. The molecule has 0 aliphatic carbocycles. The molecule has 6 nitrogen and oxygen atoms in total. The number of hydrogen-bond acceptors (Lipinski definition) is 4. The number of aromatic nitrogens is 2. The molecule has 2 rings (SSSR count). The van der Waals surface area contributed by atoms with Gasteiger partial charge in [-0.25, -0.2) is 9.78 Å². The van der Waals surface area contributed by atoms with Crippen molar-refractivity contribution < 1.29 is 9.53 Å². The first-order valence-electron chi connectivity index (χ1n) is 7.11. The summed E-state index contributed by atoms with van der Waals surface area (Å²) < 4.78 is 6.79. The number of benzene rings is 1. The number of carbonyl (C=O) groups is 1. The van der Waals surface area contributed by atoms with Crippen molar-refractivity contribution in [2.75, 3.05) is 17.2 Å². The van der Waals surface area contributed by atoms with E-state index in [4.69, 9.17) is 28.6 Å². The molecule has 1 aromatic carbocycles. The lowest BCUT2D eigenvalue weighted by molar-refractivity contribution is 0.0521. The maximum atomic E-state index is 12.0. The molecule has 1 heterocycles. The minimum Gasteiger partial charge on any atom is -0.461 e. The average Bonchev–Trinajstić information content (AvgIpc) is 2.92. The van der Waals surface area contributed by atoms with E-state index in [1.807, 2.05) is 6.92 Å². The van der Waals surface area contributed by atoms with Crippen LogP contribution in [0.3, 0.4) is 0 Å².